The summed E-state index contributed by atoms with van der Waals surface area (Å²) in [5.41, 5.74) is 3.98. The lowest BCUT2D eigenvalue weighted by Crippen LogP contribution is -2.41. The molecule has 0 aliphatic heterocycles. The Bertz CT molecular complexity index is 614. The summed E-state index contributed by atoms with van der Waals surface area (Å²) < 4.78 is 5.20. The van der Waals surface area contributed by atoms with Crippen molar-refractivity contribution in [2.45, 2.75) is 38.7 Å². The number of esters is 1. The predicted molar refractivity (Wildman–Crippen MR) is 83.9 cm³/mol. The highest BCUT2D eigenvalue weighted by Crippen LogP contribution is 2.68. The van der Waals surface area contributed by atoms with Crippen LogP contribution in [0.25, 0.3) is 0 Å². The molecule has 0 radical (unpaired) electrons. The second-order valence-electron chi connectivity index (χ2n) is 7.60. The molecule has 22 heavy (non-hydrogen) atoms. The molecule has 3 nitrogen and oxygen atoms in total. The number of ether oxygens (including phenoxy) is 1. The second kappa shape index (κ2) is 4.58. The number of carbonyl (C=O) groups excluding carboxylic acids is 1. The van der Waals surface area contributed by atoms with E-state index in [0.29, 0.717) is 5.92 Å². The van der Waals surface area contributed by atoms with Crippen LogP contribution >= 0.6 is 0 Å². The Labute approximate surface area is 131 Å². The Balaban J connectivity index is 1.89. The summed E-state index contributed by atoms with van der Waals surface area (Å²) >= 11 is 0. The van der Waals surface area contributed by atoms with Crippen molar-refractivity contribution >= 4 is 5.97 Å². The lowest BCUT2D eigenvalue weighted by atomic mass is 9.64. The first-order chi connectivity index (χ1) is 10.5. The van der Waals surface area contributed by atoms with Gasteiger partial charge in [-0.2, -0.15) is 0 Å². The third kappa shape index (κ3) is 1.58. The Morgan fingerprint density at radius 3 is 3.00 bits per heavy atom. The van der Waals surface area contributed by atoms with E-state index in [1.54, 1.807) is 0 Å². The maximum absolute atomic E-state index is 12.7. The SMILES string of the molecule is C=C1CC23CC1CCC2=C1C=CC(O)C(C)C1C3C(=O)OC. The van der Waals surface area contributed by atoms with Crippen LogP contribution in [0.15, 0.2) is 35.5 Å². The van der Waals surface area contributed by atoms with E-state index in [9.17, 15) is 9.90 Å². The molecule has 2 bridgehead atoms. The first kappa shape index (κ1) is 14.3. The van der Waals surface area contributed by atoms with Crippen LogP contribution in [0.3, 0.4) is 0 Å². The van der Waals surface area contributed by atoms with E-state index in [2.05, 4.69) is 19.6 Å². The van der Waals surface area contributed by atoms with Gasteiger partial charge in [0.15, 0.2) is 0 Å². The van der Waals surface area contributed by atoms with E-state index in [1.165, 1.54) is 23.8 Å². The zero-order valence-electron chi connectivity index (χ0n) is 13.3. The fourth-order valence-electron chi connectivity index (χ4n) is 5.78. The number of allylic oxidation sites excluding steroid dienone is 4. The van der Waals surface area contributed by atoms with Crippen molar-refractivity contribution in [1.29, 1.82) is 0 Å². The van der Waals surface area contributed by atoms with Crippen LogP contribution < -0.4 is 0 Å². The average molecular weight is 300 g/mol. The zero-order chi connectivity index (χ0) is 15.6. The monoisotopic (exact) mass is 300 g/mol. The first-order valence-electron chi connectivity index (χ1n) is 8.35. The van der Waals surface area contributed by atoms with Crippen molar-refractivity contribution in [3.63, 3.8) is 0 Å². The minimum Gasteiger partial charge on any atom is -0.469 e. The standard InChI is InChI=1S/C19H24O3/c1-10-8-19-9-12(10)4-6-14(19)13-5-7-15(20)11(2)16(13)17(19)18(21)22-3/h5,7,11-12,15-17,20H,1,4,6,8-9H2,2-3H3. The Kier molecular flexibility index (Phi) is 2.96. The minimum absolute atomic E-state index is 0.0592. The van der Waals surface area contributed by atoms with E-state index in [1.807, 2.05) is 6.08 Å². The number of hydrogen-bond acceptors (Lipinski definition) is 3. The van der Waals surface area contributed by atoms with Gasteiger partial charge in [-0.1, -0.05) is 36.8 Å². The zero-order valence-corrected chi connectivity index (χ0v) is 13.3. The number of aliphatic hydroxyl groups is 1. The van der Waals surface area contributed by atoms with E-state index in [4.69, 9.17) is 4.74 Å². The molecule has 2 fully saturated rings. The quantitative estimate of drug-likeness (QED) is 0.598. The van der Waals surface area contributed by atoms with Gasteiger partial charge in [-0.3, -0.25) is 4.79 Å². The van der Waals surface area contributed by atoms with Crippen LogP contribution in [0, 0.1) is 29.1 Å². The summed E-state index contributed by atoms with van der Waals surface area (Å²) in [5.74, 6) is 0.443. The van der Waals surface area contributed by atoms with Gasteiger partial charge in [0.25, 0.3) is 0 Å². The van der Waals surface area contributed by atoms with Crippen molar-refractivity contribution in [3.05, 3.63) is 35.5 Å². The van der Waals surface area contributed by atoms with Crippen LogP contribution in [0.4, 0.5) is 0 Å². The highest BCUT2D eigenvalue weighted by Gasteiger charge is 2.63. The molecule has 0 aromatic rings. The molecular weight excluding hydrogens is 276 g/mol. The smallest absolute Gasteiger partial charge is 0.310 e. The molecule has 3 heteroatoms. The molecule has 0 saturated heterocycles. The van der Waals surface area contributed by atoms with Crippen molar-refractivity contribution in [2.24, 2.45) is 29.1 Å². The molecule has 118 valence electrons. The van der Waals surface area contributed by atoms with E-state index >= 15 is 0 Å². The summed E-state index contributed by atoms with van der Waals surface area (Å²) in [7, 11) is 1.49. The van der Waals surface area contributed by atoms with Crippen LogP contribution in [-0.4, -0.2) is 24.3 Å². The van der Waals surface area contributed by atoms with Gasteiger partial charge in [0.05, 0.1) is 19.1 Å². The third-order valence-electron chi connectivity index (χ3n) is 6.77. The fraction of sp³-hybridized carbons (Fsp3) is 0.632. The van der Waals surface area contributed by atoms with Crippen LogP contribution in [-0.2, 0) is 9.53 Å². The molecule has 6 unspecified atom stereocenters. The molecule has 1 spiro atoms. The number of fused-ring (bicyclic) bond motifs is 2. The summed E-state index contributed by atoms with van der Waals surface area (Å²) in [5, 5.41) is 10.3. The Hall–Kier alpha value is -1.35. The van der Waals surface area contributed by atoms with Gasteiger partial charge in [-0.05, 0) is 43.1 Å². The predicted octanol–water partition coefficient (Wildman–Crippen LogP) is 3.02. The summed E-state index contributed by atoms with van der Waals surface area (Å²) in [6.45, 7) is 6.34. The third-order valence-corrected chi connectivity index (χ3v) is 6.77. The maximum Gasteiger partial charge on any atom is 0.310 e. The fourth-order valence-corrected chi connectivity index (χ4v) is 5.78. The first-order valence-corrected chi connectivity index (χ1v) is 8.35. The topological polar surface area (TPSA) is 46.5 Å². The average Bonchev–Trinajstić information content (AvgIpc) is 2.93. The van der Waals surface area contributed by atoms with Crippen LogP contribution in [0.2, 0.25) is 0 Å². The van der Waals surface area contributed by atoms with Crippen molar-refractivity contribution in [2.75, 3.05) is 7.11 Å². The van der Waals surface area contributed by atoms with Gasteiger partial charge in [0.1, 0.15) is 0 Å². The largest absolute Gasteiger partial charge is 0.469 e. The molecule has 1 N–H and O–H groups in total. The van der Waals surface area contributed by atoms with Crippen molar-refractivity contribution in [1.82, 2.24) is 0 Å². The van der Waals surface area contributed by atoms with Gasteiger partial charge in [-0.15, -0.1) is 0 Å². The summed E-state index contributed by atoms with van der Waals surface area (Å²) in [6, 6.07) is 0. The highest BCUT2D eigenvalue weighted by atomic mass is 16.5. The van der Waals surface area contributed by atoms with E-state index in [-0.39, 0.29) is 29.1 Å². The van der Waals surface area contributed by atoms with Gasteiger partial charge >= 0.3 is 5.97 Å². The number of carbonyl (C=O) groups is 1. The Morgan fingerprint density at radius 1 is 1.50 bits per heavy atom. The molecule has 0 amide bonds. The van der Waals surface area contributed by atoms with Crippen LogP contribution in [0.1, 0.15) is 32.6 Å². The summed E-state index contributed by atoms with van der Waals surface area (Å²) in [4.78, 5) is 12.7. The molecule has 0 heterocycles. The normalized spacial score (nSPS) is 45.8. The minimum atomic E-state index is -0.474. The molecule has 0 aromatic carbocycles. The number of rotatable bonds is 1. The Morgan fingerprint density at radius 2 is 2.27 bits per heavy atom. The molecule has 6 atom stereocenters. The van der Waals surface area contributed by atoms with Crippen molar-refractivity contribution < 1.29 is 14.6 Å². The maximum atomic E-state index is 12.7. The van der Waals surface area contributed by atoms with Gasteiger partial charge in [-0.25, -0.2) is 0 Å². The van der Waals surface area contributed by atoms with Gasteiger partial charge in [0.2, 0.25) is 0 Å². The number of methoxy groups -OCH3 is 1. The highest BCUT2D eigenvalue weighted by molar-refractivity contribution is 5.78. The number of aliphatic hydroxyl groups excluding tert-OH is 1. The molecule has 4 rings (SSSR count). The molecule has 2 saturated carbocycles. The lowest BCUT2D eigenvalue weighted by Gasteiger charge is -2.39. The van der Waals surface area contributed by atoms with Crippen molar-refractivity contribution in [3.8, 4) is 0 Å². The molecular formula is C19H24O3. The second-order valence-corrected chi connectivity index (χ2v) is 7.60. The van der Waals surface area contributed by atoms with E-state index in [0.717, 1.165) is 25.7 Å². The van der Waals surface area contributed by atoms with E-state index < -0.39 is 6.10 Å². The molecule has 4 aliphatic rings. The molecule has 0 aromatic heterocycles. The number of hydrogen-bond donors (Lipinski definition) is 1. The molecule has 4 aliphatic carbocycles. The summed E-state index contributed by atoms with van der Waals surface area (Å²) in [6.07, 6.45) is 7.68. The lowest BCUT2D eigenvalue weighted by molar-refractivity contribution is -0.152. The van der Waals surface area contributed by atoms with Gasteiger partial charge in [0, 0.05) is 11.3 Å². The van der Waals surface area contributed by atoms with Crippen LogP contribution in [0.5, 0.6) is 0 Å². The van der Waals surface area contributed by atoms with Gasteiger partial charge < -0.3 is 9.84 Å².